The first-order valence-electron chi connectivity index (χ1n) is 7.69. The Labute approximate surface area is 142 Å². The average Bonchev–Trinajstić information content (AvgIpc) is 2.51. The zero-order valence-corrected chi connectivity index (χ0v) is 14.9. The van der Waals surface area contributed by atoms with Gasteiger partial charge in [0.1, 0.15) is 5.60 Å². The summed E-state index contributed by atoms with van der Waals surface area (Å²) in [5, 5.41) is 2.68. The van der Waals surface area contributed by atoms with Crippen LogP contribution in [-0.4, -0.2) is 56.4 Å². The quantitative estimate of drug-likeness (QED) is 0.823. The van der Waals surface area contributed by atoms with Gasteiger partial charge in [-0.1, -0.05) is 12.1 Å². The van der Waals surface area contributed by atoms with E-state index in [0.29, 0.717) is 24.6 Å². The number of methoxy groups -OCH3 is 1. The summed E-state index contributed by atoms with van der Waals surface area (Å²) in [5.41, 5.74) is -0.544. The van der Waals surface area contributed by atoms with Gasteiger partial charge in [0.05, 0.1) is 7.11 Å². The maximum Gasteiger partial charge on any atom is 0.410 e. The predicted molar refractivity (Wildman–Crippen MR) is 90.4 cm³/mol. The molecule has 2 amide bonds. The van der Waals surface area contributed by atoms with Crippen LogP contribution in [-0.2, 0) is 9.53 Å². The topological polar surface area (TPSA) is 77.1 Å². The molecule has 24 heavy (non-hydrogen) atoms. The Bertz CT molecular complexity index is 554. The molecule has 1 aromatic rings. The molecule has 7 nitrogen and oxygen atoms in total. The van der Waals surface area contributed by atoms with E-state index in [1.54, 1.807) is 46.0 Å². The normalized spacial score (nSPS) is 10.7. The Morgan fingerprint density at radius 2 is 1.79 bits per heavy atom. The van der Waals surface area contributed by atoms with Gasteiger partial charge in [-0.3, -0.25) is 4.79 Å². The monoisotopic (exact) mass is 338 g/mol. The Hall–Kier alpha value is -2.44. The van der Waals surface area contributed by atoms with Gasteiger partial charge in [-0.15, -0.1) is 0 Å². The van der Waals surface area contributed by atoms with Gasteiger partial charge in [-0.05, 0) is 32.9 Å². The number of para-hydroxylation sites is 2. The van der Waals surface area contributed by atoms with Gasteiger partial charge in [-0.25, -0.2) is 4.79 Å². The van der Waals surface area contributed by atoms with E-state index in [0.717, 1.165) is 0 Å². The minimum absolute atomic E-state index is 0.128. The zero-order valence-electron chi connectivity index (χ0n) is 14.9. The van der Waals surface area contributed by atoms with Gasteiger partial charge < -0.3 is 24.4 Å². The minimum Gasteiger partial charge on any atom is -0.493 e. The van der Waals surface area contributed by atoms with Crippen molar-refractivity contribution < 1.29 is 23.8 Å². The summed E-state index contributed by atoms with van der Waals surface area (Å²) in [4.78, 5) is 25.0. The van der Waals surface area contributed by atoms with Crippen molar-refractivity contribution in [2.75, 3.05) is 33.9 Å². The largest absolute Gasteiger partial charge is 0.493 e. The van der Waals surface area contributed by atoms with E-state index in [1.807, 2.05) is 6.07 Å². The van der Waals surface area contributed by atoms with E-state index in [9.17, 15) is 9.59 Å². The third kappa shape index (κ3) is 7.21. The van der Waals surface area contributed by atoms with Crippen LogP contribution in [0.4, 0.5) is 4.79 Å². The number of carbonyl (C=O) groups is 2. The molecule has 0 aromatic heterocycles. The van der Waals surface area contributed by atoms with Gasteiger partial charge in [0, 0.05) is 20.1 Å². The molecule has 134 valence electrons. The molecule has 0 heterocycles. The van der Waals surface area contributed by atoms with Gasteiger partial charge in [0.25, 0.3) is 5.91 Å². The molecule has 0 aliphatic rings. The summed E-state index contributed by atoms with van der Waals surface area (Å²) < 4.78 is 15.8. The summed E-state index contributed by atoms with van der Waals surface area (Å²) in [5.74, 6) is 0.787. The fourth-order valence-corrected chi connectivity index (χ4v) is 1.73. The van der Waals surface area contributed by atoms with E-state index in [1.165, 1.54) is 12.0 Å². The highest BCUT2D eigenvalue weighted by atomic mass is 16.6. The minimum atomic E-state index is -0.544. The molecule has 0 spiro atoms. The second kappa shape index (κ2) is 9.00. The number of ether oxygens (including phenoxy) is 3. The van der Waals surface area contributed by atoms with E-state index in [-0.39, 0.29) is 12.5 Å². The molecule has 0 aliphatic heterocycles. The Balaban J connectivity index is 2.30. The molecular weight excluding hydrogens is 312 g/mol. The highest BCUT2D eigenvalue weighted by Gasteiger charge is 2.19. The van der Waals surface area contributed by atoms with Gasteiger partial charge in [0.15, 0.2) is 18.1 Å². The van der Waals surface area contributed by atoms with Gasteiger partial charge in [0.2, 0.25) is 0 Å². The number of likely N-dealkylation sites (N-methyl/N-ethyl adjacent to an activating group) is 1. The predicted octanol–water partition coefficient (Wildman–Crippen LogP) is 2.06. The molecule has 1 rings (SSSR count). The molecule has 0 aliphatic carbocycles. The number of carbonyl (C=O) groups excluding carboxylic acids is 2. The second-order valence-corrected chi connectivity index (χ2v) is 6.19. The van der Waals surface area contributed by atoms with Crippen molar-refractivity contribution >= 4 is 12.0 Å². The Morgan fingerprint density at radius 1 is 1.17 bits per heavy atom. The van der Waals surface area contributed by atoms with Crippen LogP contribution in [0.15, 0.2) is 24.3 Å². The highest BCUT2D eigenvalue weighted by Crippen LogP contribution is 2.25. The van der Waals surface area contributed by atoms with Crippen LogP contribution in [0.3, 0.4) is 0 Å². The fraction of sp³-hybridized carbons (Fsp3) is 0.529. The van der Waals surface area contributed by atoms with Crippen molar-refractivity contribution in [2.24, 2.45) is 0 Å². The summed E-state index contributed by atoms with van der Waals surface area (Å²) in [6.45, 7) is 5.93. The van der Waals surface area contributed by atoms with Crippen molar-refractivity contribution in [2.45, 2.75) is 26.4 Å². The SMILES string of the molecule is COc1ccccc1OCC(=O)NCCN(C)C(=O)OC(C)(C)C. The zero-order chi connectivity index (χ0) is 18.2. The molecule has 7 heteroatoms. The molecule has 0 unspecified atom stereocenters. The van der Waals surface area contributed by atoms with Crippen LogP contribution in [0.2, 0.25) is 0 Å². The molecule has 0 atom stereocenters. The van der Waals surface area contributed by atoms with Crippen molar-refractivity contribution in [3.8, 4) is 11.5 Å². The Kier molecular flexibility index (Phi) is 7.35. The molecule has 1 N–H and O–H groups in total. The van der Waals surface area contributed by atoms with Gasteiger partial charge in [-0.2, -0.15) is 0 Å². The van der Waals surface area contributed by atoms with E-state index in [4.69, 9.17) is 14.2 Å². The Morgan fingerprint density at radius 3 is 2.38 bits per heavy atom. The molecule has 0 saturated heterocycles. The molecule has 1 aromatic carbocycles. The van der Waals surface area contributed by atoms with Crippen molar-refractivity contribution in [1.82, 2.24) is 10.2 Å². The summed E-state index contributed by atoms with van der Waals surface area (Å²) in [6.07, 6.45) is -0.429. The molecule has 0 bridgehead atoms. The number of benzene rings is 1. The summed E-state index contributed by atoms with van der Waals surface area (Å²) >= 11 is 0. The number of nitrogens with one attached hydrogen (secondary N) is 1. The maximum atomic E-state index is 11.8. The lowest BCUT2D eigenvalue weighted by atomic mass is 10.2. The molecule has 0 radical (unpaired) electrons. The lowest BCUT2D eigenvalue weighted by Gasteiger charge is -2.24. The summed E-state index contributed by atoms with van der Waals surface area (Å²) in [6, 6.07) is 7.09. The molecular formula is C17H26N2O5. The number of nitrogens with zero attached hydrogens (tertiary/aromatic N) is 1. The maximum absolute atomic E-state index is 11.8. The van der Waals surface area contributed by atoms with Crippen LogP contribution >= 0.6 is 0 Å². The molecule has 0 saturated carbocycles. The standard InChI is InChI=1S/C17H26N2O5/c1-17(2,3)24-16(21)19(4)11-10-18-15(20)12-23-14-9-7-6-8-13(14)22-5/h6-9H,10-12H2,1-5H3,(H,18,20). The first kappa shape index (κ1) is 19.6. The first-order chi connectivity index (χ1) is 11.2. The second-order valence-electron chi connectivity index (χ2n) is 6.19. The number of hydrogen-bond acceptors (Lipinski definition) is 5. The third-order valence-corrected chi connectivity index (χ3v) is 2.90. The van der Waals surface area contributed by atoms with E-state index in [2.05, 4.69) is 5.32 Å². The van der Waals surface area contributed by atoms with Crippen LogP contribution in [0.25, 0.3) is 0 Å². The first-order valence-corrected chi connectivity index (χ1v) is 7.69. The van der Waals surface area contributed by atoms with E-state index >= 15 is 0 Å². The van der Waals surface area contributed by atoms with Crippen LogP contribution < -0.4 is 14.8 Å². The lowest BCUT2D eigenvalue weighted by Crippen LogP contribution is -2.40. The van der Waals surface area contributed by atoms with Crippen LogP contribution in [0, 0.1) is 0 Å². The van der Waals surface area contributed by atoms with E-state index < -0.39 is 11.7 Å². The lowest BCUT2D eigenvalue weighted by molar-refractivity contribution is -0.123. The van der Waals surface area contributed by atoms with Crippen LogP contribution in [0.5, 0.6) is 11.5 Å². The number of amides is 2. The van der Waals surface area contributed by atoms with Crippen molar-refractivity contribution in [1.29, 1.82) is 0 Å². The van der Waals surface area contributed by atoms with Crippen LogP contribution in [0.1, 0.15) is 20.8 Å². The summed E-state index contributed by atoms with van der Waals surface area (Å²) in [7, 11) is 3.15. The smallest absolute Gasteiger partial charge is 0.410 e. The fourth-order valence-electron chi connectivity index (χ4n) is 1.73. The van der Waals surface area contributed by atoms with Crippen molar-refractivity contribution in [3.63, 3.8) is 0 Å². The van der Waals surface area contributed by atoms with Crippen molar-refractivity contribution in [3.05, 3.63) is 24.3 Å². The van der Waals surface area contributed by atoms with Gasteiger partial charge >= 0.3 is 6.09 Å². The highest BCUT2D eigenvalue weighted by molar-refractivity contribution is 5.77. The molecule has 0 fully saturated rings. The number of rotatable bonds is 7. The third-order valence-electron chi connectivity index (χ3n) is 2.90. The number of hydrogen-bond donors (Lipinski definition) is 1. The average molecular weight is 338 g/mol.